The number of likely N-dealkylation sites (tertiary alicyclic amines) is 1. The number of nitrogens with zero attached hydrogens (tertiary/aromatic N) is 3. The average Bonchev–Trinajstić information content (AvgIpc) is 3.09. The molecule has 1 aromatic heterocycles. The van der Waals surface area contributed by atoms with Crippen LogP contribution >= 0.6 is 11.3 Å². The van der Waals surface area contributed by atoms with Crippen molar-refractivity contribution in [1.29, 1.82) is 5.26 Å². The van der Waals surface area contributed by atoms with E-state index in [1.54, 1.807) is 4.90 Å². The third-order valence-corrected chi connectivity index (χ3v) is 4.69. The van der Waals surface area contributed by atoms with Gasteiger partial charge in [0.15, 0.2) is 11.7 Å². The number of ketones is 1. The van der Waals surface area contributed by atoms with Crippen molar-refractivity contribution in [2.45, 2.75) is 51.5 Å². The number of Topliss-reactive ketones (excluding diaryl/α,β-unsaturated/α-hetero) is 1. The Balaban J connectivity index is 2.17. The molecule has 2 rings (SSSR count). The Morgan fingerprint density at radius 2 is 2.38 bits per heavy atom. The Morgan fingerprint density at radius 1 is 1.62 bits per heavy atom. The van der Waals surface area contributed by atoms with Gasteiger partial charge in [0, 0.05) is 24.0 Å². The normalized spacial score (nSPS) is 19.3. The molecule has 0 aliphatic carbocycles. The van der Waals surface area contributed by atoms with Gasteiger partial charge in [0.25, 0.3) is 0 Å². The summed E-state index contributed by atoms with van der Waals surface area (Å²) >= 11 is 1.33. The Labute approximate surface area is 128 Å². The fourth-order valence-corrected chi connectivity index (χ4v) is 3.50. The summed E-state index contributed by atoms with van der Waals surface area (Å²) in [4.78, 5) is 30.6. The fourth-order valence-electron chi connectivity index (χ4n) is 2.66. The lowest BCUT2D eigenvalue weighted by molar-refractivity contribution is -0.137. The fraction of sp³-hybridized carbons (Fsp3) is 0.600. The molecule has 2 heterocycles. The van der Waals surface area contributed by atoms with Crippen LogP contribution in [-0.4, -0.2) is 34.2 Å². The summed E-state index contributed by atoms with van der Waals surface area (Å²) in [6.45, 7) is 4.40. The van der Waals surface area contributed by atoms with E-state index in [-0.39, 0.29) is 11.7 Å². The first kappa shape index (κ1) is 15.6. The molecule has 112 valence electrons. The van der Waals surface area contributed by atoms with Gasteiger partial charge >= 0.3 is 0 Å². The molecule has 0 bridgehead atoms. The second kappa shape index (κ2) is 6.81. The van der Waals surface area contributed by atoms with Crippen LogP contribution < -0.4 is 0 Å². The second-order valence-electron chi connectivity index (χ2n) is 5.29. The molecule has 1 amide bonds. The van der Waals surface area contributed by atoms with Crippen LogP contribution in [0.3, 0.4) is 0 Å². The molecule has 1 aliphatic heterocycles. The molecule has 0 N–H and O–H groups in total. The van der Waals surface area contributed by atoms with Gasteiger partial charge in [-0.3, -0.25) is 9.59 Å². The number of aryl methyl sites for hydroxylation is 1. The summed E-state index contributed by atoms with van der Waals surface area (Å²) in [6, 6.07) is 1.60. The largest absolute Gasteiger partial charge is 0.333 e. The highest BCUT2D eigenvalue weighted by molar-refractivity contribution is 7.09. The molecule has 1 fully saturated rings. The van der Waals surface area contributed by atoms with Gasteiger partial charge in [-0.25, -0.2) is 4.98 Å². The van der Waals surface area contributed by atoms with Gasteiger partial charge in [-0.05, 0) is 26.2 Å². The standard InChI is InChI=1S/C15H19N3O2S/c1-3-5-13(19)18-7-4-6-12(18)14(20)11(8-16)15-17-10(2)9-21-15/h9,11-12H,3-7H2,1-2H3/t11-,12-/m0/s1. The van der Waals surface area contributed by atoms with Gasteiger partial charge in [-0.2, -0.15) is 5.26 Å². The van der Waals surface area contributed by atoms with E-state index in [4.69, 9.17) is 0 Å². The zero-order chi connectivity index (χ0) is 15.4. The van der Waals surface area contributed by atoms with Gasteiger partial charge in [0.2, 0.25) is 5.91 Å². The Morgan fingerprint density at radius 3 is 2.95 bits per heavy atom. The Kier molecular flexibility index (Phi) is 5.07. The van der Waals surface area contributed by atoms with Crippen molar-refractivity contribution in [3.8, 4) is 6.07 Å². The van der Waals surface area contributed by atoms with E-state index < -0.39 is 12.0 Å². The van der Waals surface area contributed by atoms with Crippen LogP contribution in [0.15, 0.2) is 5.38 Å². The Hall–Kier alpha value is -1.74. The maximum atomic E-state index is 12.7. The summed E-state index contributed by atoms with van der Waals surface area (Å²) < 4.78 is 0. The van der Waals surface area contributed by atoms with E-state index in [1.807, 2.05) is 19.2 Å². The summed E-state index contributed by atoms with van der Waals surface area (Å²) in [5.74, 6) is -1.03. The zero-order valence-electron chi connectivity index (χ0n) is 12.3. The first-order valence-electron chi connectivity index (χ1n) is 7.23. The number of nitriles is 1. The molecule has 0 aromatic carbocycles. The molecule has 0 radical (unpaired) electrons. The number of hydrogen-bond donors (Lipinski definition) is 0. The topological polar surface area (TPSA) is 74.1 Å². The smallest absolute Gasteiger partial charge is 0.223 e. The number of carbonyl (C=O) groups excluding carboxylic acids is 2. The minimum absolute atomic E-state index is 0.0142. The molecule has 5 nitrogen and oxygen atoms in total. The summed E-state index contributed by atoms with van der Waals surface area (Å²) in [5.41, 5.74) is 0.813. The van der Waals surface area contributed by atoms with E-state index in [2.05, 4.69) is 11.1 Å². The molecule has 0 unspecified atom stereocenters. The van der Waals surface area contributed by atoms with Crippen molar-refractivity contribution in [1.82, 2.24) is 9.88 Å². The minimum Gasteiger partial charge on any atom is -0.333 e. The average molecular weight is 305 g/mol. The lowest BCUT2D eigenvalue weighted by Crippen LogP contribution is -2.42. The van der Waals surface area contributed by atoms with Crippen molar-refractivity contribution in [2.24, 2.45) is 0 Å². The first-order valence-corrected chi connectivity index (χ1v) is 8.11. The van der Waals surface area contributed by atoms with Gasteiger partial charge in [-0.1, -0.05) is 6.92 Å². The second-order valence-corrected chi connectivity index (χ2v) is 6.18. The quantitative estimate of drug-likeness (QED) is 0.837. The molecule has 1 saturated heterocycles. The highest BCUT2D eigenvalue weighted by atomic mass is 32.1. The summed E-state index contributed by atoms with van der Waals surface area (Å²) in [6.07, 6.45) is 2.69. The number of hydrogen-bond acceptors (Lipinski definition) is 5. The predicted octanol–water partition coefficient (Wildman–Crippen LogP) is 2.42. The van der Waals surface area contributed by atoms with Crippen molar-refractivity contribution < 1.29 is 9.59 Å². The van der Waals surface area contributed by atoms with Crippen molar-refractivity contribution in [3.05, 3.63) is 16.1 Å². The van der Waals surface area contributed by atoms with E-state index in [0.717, 1.165) is 18.5 Å². The first-order chi connectivity index (χ1) is 10.1. The number of thiazole rings is 1. The van der Waals surface area contributed by atoms with Gasteiger partial charge in [-0.15, -0.1) is 11.3 Å². The lowest BCUT2D eigenvalue weighted by Gasteiger charge is -2.24. The van der Waals surface area contributed by atoms with Crippen molar-refractivity contribution in [2.75, 3.05) is 6.54 Å². The lowest BCUT2D eigenvalue weighted by atomic mass is 9.98. The van der Waals surface area contributed by atoms with Crippen LogP contribution in [0.1, 0.15) is 49.2 Å². The SMILES string of the molecule is CCCC(=O)N1CCC[C@H]1C(=O)[C@H](C#N)c1nc(C)cs1. The highest BCUT2D eigenvalue weighted by Crippen LogP contribution is 2.28. The van der Waals surface area contributed by atoms with Crippen LogP contribution in [0.2, 0.25) is 0 Å². The molecule has 0 saturated carbocycles. The maximum absolute atomic E-state index is 12.7. The molecule has 21 heavy (non-hydrogen) atoms. The van der Waals surface area contributed by atoms with E-state index in [0.29, 0.717) is 24.4 Å². The highest BCUT2D eigenvalue weighted by Gasteiger charge is 2.38. The molecule has 0 spiro atoms. The zero-order valence-corrected chi connectivity index (χ0v) is 13.2. The van der Waals surface area contributed by atoms with Crippen molar-refractivity contribution >= 4 is 23.0 Å². The molecule has 2 atom stereocenters. The molecule has 1 aliphatic rings. The predicted molar refractivity (Wildman–Crippen MR) is 79.9 cm³/mol. The van der Waals surface area contributed by atoms with Gasteiger partial charge in [0.05, 0.1) is 12.1 Å². The van der Waals surface area contributed by atoms with Crippen LogP contribution in [0.25, 0.3) is 0 Å². The van der Waals surface area contributed by atoms with Crippen LogP contribution in [0.5, 0.6) is 0 Å². The van der Waals surface area contributed by atoms with Gasteiger partial charge < -0.3 is 4.90 Å². The minimum atomic E-state index is -0.858. The number of carbonyl (C=O) groups is 2. The third-order valence-electron chi connectivity index (χ3n) is 3.66. The van der Waals surface area contributed by atoms with E-state index in [9.17, 15) is 14.9 Å². The third kappa shape index (κ3) is 3.30. The van der Waals surface area contributed by atoms with E-state index >= 15 is 0 Å². The maximum Gasteiger partial charge on any atom is 0.223 e. The number of rotatable bonds is 5. The summed E-state index contributed by atoms with van der Waals surface area (Å²) in [7, 11) is 0. The molecular weight excluding hydrogens is 286 g/mol. The number of aromatic nitrogens is 1. The van der Waals surface area contributed by atoms with Crippen LogP contribution in [0, 0.1) is 18.3 Å². The molecule has 1 aromatic rings. The molecular formula is C15H19N3O2S. The van der Waals surface area contributed by atoms with E-state index in [1.165, 1.54) is 11.3 Å². The number of amides is 1. The van der Waals surface area contributed by atoms with Crippen LogP contribution in [-0.2, 0) is 9.59 Å². The summed E-state index contributed by atoms with van der Waals surface area (Å²) in [5, 5.41) is 11.7. The molecule has 6 heteroatoms. The Bertz CT molecular complexity index is 576. The van der Waals surface area contributed by atoms with Crippen LogP contribution in [0.4, 0.5) is 0 Å². The van der Waals surface area contributed by atoms with Gasteiger partial charge in [0.1, 0.15) is 5.01 Å². The monoisotopic (exact) mass is 305 g/mol. The van der Waals surface area contributed by atoms with Crippen molar-refractivity contribution in [3.63, 3.8) is 0 Å².